The molecular weight excluding hydrogens is 284 g/mol. The molecule has 21 heavy (non-hydrogen) atoms. The zero-order valence-electron chi connectivity index (χ0n) is 14.1. The standard InChI is InChI=1S/C16H30O4Si/c1-6-7-8-9-10-11-14(20-21-16(2,3)4)13(17)12-15(18)19-5/h10-11,14H,6-9,12,21H2,1-5H3/t14-/m0/s1. The number of ketones is 1. The predicted octanol–water partition coefficient (Wildman–Crippen LogP) is 2.94. The lowest BCUT2D eigenvalue weighted by Crippen LogP contribution is -2.29. The Morgan fingerprint density at radius 2 is 1.90 bits per heavy atom. The minimum absolute atomic E-state index is 0.111. The number of hydrogen-bond acceptors (Lipinski definition) is 4. The molecule has 0 fully saturated rings. The SMILES string of the molecule is CCCCCC=C[C@H](O[SiH2]C(C)(C)C)C(=O)CC(=O)OC. The summed E-state index contributed by atoms with van der Waals surface area (Å²) < 4.78 is 10.4. The highest BCUT2D eigenvalue weighted by atomic mass is 28.2. The van der Waals surface area contributed by atoms with Crippen LogP contribution in [-0.4, -0.2) is 34.7 Å². The molecule has 0 heterocycles. The first-order valence-electron chi connectivity index (χ1n) is 7.68. The zero-order valence-corrected chi connectivity index (χ0v) is 15.5. The number of carbonyl (C=O) groups is 2. The molecule has 0 N–H and O–H groups in total. The molecule has 4 nitrogen and oxygen atoms in total. The second-order valence-corrected chi connectivity index (χ2v) is 9.18. The summed E-state index contributed by atoms with van der Waals surface area (Å²) in [4.78, 5) is 23.3. The number of unbranched alkanes of at least 4 members (excludes halogenated alkanes) is 3. The molecule has 0 aliphatic rings. The summed E-state index contributed by atoms with van der Waals surface area (Å²) in [6.07, 6.45) is 7.38. The lowest BCUT2D eigenvalue weighted by atomic mass is 10.1. The number of Topliss-reactive ketones (excluding diaryl/α,β-unsaturated/α-hetero) is 1. The van der Waals surface area contributed by atoms with E-state index in [1.165, 1.54) is 20.0 Å². The van der Waals surface area contributed by atoms with Gasteiger partial charge in [-0.2, -0.15) is 0 Å². The van der Waals surface area contributed by atoms with Crippen molar-refractivity contribution < 1.29 is 18.8 Å². The molecule has 122 valence electrons. The minimum Gasteiger partial charge on any atom is -0.469 e. The first-order valence-corrected chi connectivity index (χ1v) is 8.96. The van der Waals surface area contributed by atoms with Gasteiger partial charge in [-0.05, 0) is 17.9 Å². The van der Waals surface area contributed by atoms with Crippen LogP contribution >= 0.6 is 0 Å². The van der Waals surface area contributed by atoms with E-state index in [9.17, 15) is 9.59 Å². The van der Waals surface area contributed by atoms with Crippen LogP contribution in [0.3, 0.4) is 0 Å². The lowest BCUT2D eigenvalue weighted by molar-refractivity contribution is -0.144. The minimum atomic E-state index is -0.849. The van der Waals surface area contributed by atoms with Crippen LogP contribution in [0.15, 0.2) is 12.2 Å². The molecule has 0 amide bonds. The van der Waals surface area contributed by atoms with E-state index in [0.29, 0.717) is 0 Å². The number of carbonyl (C=O) groups excluding carboxylic acids is 2. The fraction of sp³-hybridized carbons (Fsp3) is 0.750. The topological polar surface area (TPSA) is 52.6 Å². The molecule has 0 saturated heterocycles. The van der Waals surface area contributed by atoms with Gasteiger partial charge < -0.3 is 9.16 Å². The highest BCUT2D eigenvalue weighted by Crippen LogP contribution is 2.21. The average molecular weight is 314 g/mol. The van der Waals surface area contributed by atoms with Gasteiger partial charge in [0.05, 0.1) is 7.11 Å². The van der Waals surface area contributed by atoms with Crippen LogP contribution in [0.5, 0.6) is 0 Å². The Labute approximate surface area is 131 Å². The Hall–Kier alpha value is -0.943. The van der Waals surface area contributed by atoms with Gasteiger partial charge in [0, 0.05) is 0 Å². The Bertz CT molecular complexity index is 345. The van der Waals surface area contributed by atoms with Crippen LogP contribution in [0.2, 0.25) is 5.04 Å². The van der Waals surface area contributed by atoms with Crippen molar-refractivity contribution in [3.8, 4) is 0 Å². The highest BCUT2D eigenvalue weighted by molar-refractivity contribution is 6.32. The van der Waals surface area contributed by atoms with Crippen LogP contribution in [0, 0.1) is 0 Å². The molecule has 0 radical (unpaired) electrons. The van der Waals surface area contributed by atoms with E-state index >= 15 is 0 Å². The maximum atomic E-state index is 12.1. The molecule has 0 rings (SSSR count). The summed E-state index contributed by atoms with van der Waals surface area (Å²) in [6, 6.07) is 0. The summed E-state index contributed by atoms with van der Waals surface area (Å²) in [7, 11) is 0.439. The number of hydrogen-bond donors (Lipinski definition) is 0. The fourth-order valence-electron chi connectivity index (χ4n) is 1.64. The second-order valence-electron chi connectivity index (χ2n) is 6.44. The van der Waals surface area contributed by atoms with Gasteiger partial charge in [-0.15, -0.1) is 0 Å². The monoisotopic (exact) mass is 314 g/mol. The summed E-state index contributed by atoms with van der Waals surface area (Å²) in [5.74, 6) is -0.726. The molecule has 0 bridgehead atoms. The van der Waals surface area contributed by atoms with Crippen LogP contribution in [0.25, 0.3) is 0 Å². The van der Waals surface area contributed by atoms with E-state index in [-0.39, 0.29) is 17.2 Å². The summed E-state index contributed by atoms with van der Waals surface area (Å²) >= 11 is 0. The molecule has 0 aromatic heterocycles. The first kappa shape index (κ1) is 20.1. The molecular formula is C16H30O4Si. The van der Waals surface area contributed by atoms with E-state index in [4.69, 9.17) is 4.43 Å². The third-order valence-electron chi connectivity index (χ3n) is 2.84. The smallest absolute Gasteiger partial charge is 0.313 e. The molecule has 0 aliphatic heterocycles. The lowest BCUT2D eigenvalue weighted by Gasteiger charge is -2.21. The Kier molecular flexibility index (Phi) is 10.3. The van der Waals surface area contributed by atoms with Crippen molar-refractivity contribution in [2.45, 2.75) is 70.9 Å². The van der Waals surface area contributed by atoms with Crippen molar-refractivity contribution in [2.75, 3.05) is 7.11 Å². The molecule has 0 unspecified atom stereocenters. The van der Waals surface area contributed by atoms with Gasteiger partial charge in [-0.1, -0.05) is 52.7 Å². The van der Waals surface area contributed by atoms with Crippen molar-refractivity contribution in [1.29, 1.82) is 0 Å². The van der Waals surface area contributed by atoms with Crippen molar-refractivity contribution >= 4 is 21.5 Å². The van der Waals surface area contributed by atoms with Crippen LogP contribution in [0.1, 0.15) is 59.8 Å². The van der Waals surface area contributed by atoms with E-state index < -0.39 is 21.8 Å². The Morgan fingerprint density at radius 3 is 2.43 bits per heavy atom. The van der Waals surface area contributed by atoms with Gasteiger partial charge in [0.15, 0.2) is 15.5 Å². The third kappa shape index (κ3) is 11.4. The second kappa shape index (κ2) is 10.7. The van der Waals surface area contributed by atoms with Gasteiger partial charge in [0.2, 0.25) is 0 Å². The number of allylic oxidation sites excluding steroid dienone is 1. The van der Waals surface area contributed by atoms with Gasteiger partial charge in [0.1, 0.15) is 12.5 Å². The molecule has 0 spiro atoms. The van der Waals surface area contributed by atoms with Crippen molar-refractivity contribution in [3.05, 3.63) is 12.2 Å². The van der Waals surface area contributed by atoms with E-state index in [0.717, 1.165) is 12.8 Å². The Morgan fingerprint density at radius 1 is 1.24 bits per heavy atom. The van der Waals surface area contributed by atoms with Crippen LogP contribution < -0.4 is 0 Å². The van der Waals surface area contributed by atoms with Gasteiger partial charge in [0.25, 0.3) is 0 Å². The van der Waals surface area contributed by atoms with Crippen molar-refractivity contribution in [2.24, 2.45) is 0 Å². The number of methoxy groups -OCH3 is 1. The quantitative estimate of drug-likeness (QED) is 0.204. The maximum Gasteiger partial charge on any atom is 0.313 e. The molecule has 0 aromatic rings. The van der Waals surface area contributed by atoms with E-state index in [1.54, 1.807) is 6.08 Å². The first-order chi connectivity index (χ1) is 9.80. The molecule has 1 atom stereocenters. The fourth-order valence-corrected chi connectivity index (χ4v) is 2.62. The third-order valence-corrected chi connectivity index (χ3v) is 4.24. The van der Waals surface area contributed by atoms with E-state index in [2.05, 4.69) is 32.4 Å². The van der Waals surface area contributed by atoms with Crippen LogP contribution in [-0.2, 0) is 18.8 Å². The average Bonchev–Trinajstić information content (AvgIpc) is 2.40. The normalized spacial score (nSPS) is 14.0. The van der Waals surface area contributed by atoms with Crippen molar-refractivity contribution in [3.63, 3.8) is 0 Å². The summed E-state index contributed by atoms with van der Waals surface area (Å²) in [5, 5.41) is 0.111. The summed E-state index contributed by atoms with van der Waals surface area (Å²) in [5.41, 5.74) is 0. The Balaban J connectivity index is 4.52. The van der Waals surface area contributed by atoms with Crippen molar-refractivity contribution in [1.82, 2.24) is 0 Å². The molecule has 0 aliphatic carbocycles. The maximum absolute atomic E-state index is 12.1. The molecule has 0 saturated carbocycles. The van der Waals surface area contributed by atoms with Gasteiger partial charge in [-0.25, -0.2) is 0 Å². The summed E-state index contributed by atoms with van der Waals surface area (Å²) in [6.45, 7) is 8.47. The molecule has 5 heteroatoms. The van der Waals surface area contributed by atoms with Gasteiger partial charge in [-0.3, -0.25) is 9.59 Å². The van der Waals surface area contributed by atoms with Crippen LogP contribution in [0.4, 0.5) is 0 Å². The number of ether oxygens (including phenoxy) is 1. The number of rotatable bonds is 10. The zero-order chi connectivity index (χ0) is 16.3. The predicted molar refractivity (Wildman–Crippen MR) is 88.1 cm³/mol. The highest BCUT2D eigenvalue weighted by Gasteiger charge is 2.22. The van der Waals surface area contributed by atoms with Gasteiger partial charge >= 0.3 is 5.97 Å². The molecule has 0 aromatic carbocycles. The number of esters is 1. The van der Waals surface area contributed by atoms with E-state index in [1.807, 2.05) is 6.08 Å². The largest absolute Gasteiger partial charge is 0.469 e.